The van der Waals surface area contributed by atoms with E-state index in [-0.39, 0.29) is 11.4 Å². The van der Waals surface area contributed by atoms with Crippen LogP contribution in [0.5, 0.6) is 0 Å². The van der Waals surface area contributed by atoms with E-state index in [1.54, 1.807) is 12.1 Å². The van der Waals surface area contributed by atoms with Crippen molar-refractivity contribution in [2.24, 2.45) is 0 Å². The molecule has 3 rings (SSSR count). The van der Waals surface area contributed by atoms with E-state index in [9.17, 15) is 18.0 Å². The van der Waals surface area contributed by atoms with Gasteiger partial charge in [-0.05, 0) is 24.3 Å². The lowest BCUT2D eigenvalue weighted by molar-refractivity contribution is 0.0622. The van der Waals surface area contributed by atoms with Gasteiger partial charge in [0.25, 0.3) is 5.91 Å². The van der Waals surface area contributed by atoms with E-state index in [0.717, 1.165) is 12.1 Å². The van der Waals surface area contributed by atoms with Gasteiger partial charge in [0.05, 0.1) is 5.56 Å². The summed E-state index contributed by atoms with van der Waals surface area (Å²) in [6, 6.07) is 7.50. The Bertz CT molecular complexity index is 789. The summed E-state index contributed by atoms with van der Waals surface area (Å²) in [4.78, 5) is 15.9. The van der Waals surface area contributed by atoms with Gasteiger partial charge in [-0.15, -0.1) is 0 Å². The molecule has 0 radical (unpaired) electrons. The monoisotopic (exact) mass is 349 g/mol. The van der Waals surface area contributed by atoms with E-state index in [0.29, 0.717) is 50.0 Å². The lowest BCUT2D eigenvalue weighted by atomic mass is 10.1. The zero-order valence-electron chi connectivity index (χ0n) is 13.5. The Morgan fingerprint density at radius 3 is 2.32 bits per heavy atom. The molecule has 1 aliphatic rings. The first-order chi connectivity index (χ1) is 11.9. The second-order valence-electron chi connectivity index (χ2n) is 6.04. The van der Waals surface area contributed by atoms with Crippen LogP contribution in [0, 0.1) is 17.5 Å². The van der Waals surface area contributed by atoms with Gasteiger partial charge in [-0.2, -0.15) is 0 Å². The van der Waals surface area contributed by atoms with Crippen LogP contribution in [0.1, 0.15) is 15.9 Å². The molecule has 2 aromatic rings. The normalized spacial score (nSPS) is 15.4. The molecule has 2 N–H and O–H groups in total. The summed E-state index contributed by atoms with van der Waals surface area (Å²) in [6.07, 6.45) is 0. The number of nitrogens with two attached hydrogens (primary N) is 1. The van der Waals surface area contributed by atoms with Gasteiger partial charge in [-0.3, -0.25) is 9.69 Å². The number of amides is 1. The average Bonchev–Trinajstić information content (AvgIpc) is 2.57. The first kappa shape index (κ1) is 17.3. The van der Waals surface area contributed by atoms with Crippen LogP contribution < -0.4 is 5.73 Å². The van der Waals surface area contributed by atoms with E-state index in [1.807, 2.05) is 4.90 Å². The number of piperazine rings is 1. The van der Waals surface area contributed by atoms with Crippen molar-refractivity contribution in [3.63, 3.8) is 0 Å². The fourth-order valence-electron chi connectivity index (χ4n) is 2.88. The van der Waals surface area contributed by atoms with E-state index in [4.69, 9.17) is 5.73 Å². The minimum atomic E-state index is -0.864. The maximum absolute atomic E-state index is 13.9. The van der Waals surface area contributed by atoms with Crippen molar-refractivity contribution < 1.29 is 18.0 Å². The Hall–Kier alpha value is -2.54. The highest BCUT2D eigenvalue weighted by Crippen LogP contribution is 2.17. The summed E-state index contributed by atoms with van der Waals surface area (Å²) >= 11 is 0. The van der Waals surface area contributed by atoms with E-state index >= 15 is 0 Å². The topological polar surface area (TPSA) is 49.6 Å². The first-order valence-electron chi connectivity index (χ1n) is 7.94. The van der Waals surface area contributed by atoms with Crippen LogP contribution >= 0.6 is 0 Å². The number of anilines is 1. The third-order valence-electron chi connectivity index (χ3n) is 4.29. The van der Waals surface area contributed by atoms with Crippen LogP contribution in [0.2, 0.25) is 0 Å². The van der Waals surface area contributed by atoms with Crippen LogP contribution in [-0.4, -0.2) is 41.9 Å². The molecular weight excluding hydrogens is 331 g/mol. The number of rotatable bonds is 3. The maximum atomic E-state index is 13.9. The molecule has 0 atom stereocenters. The van der Waals surface area contributed by atoms with Gasteiger partial charge in [0.15, 0.2) is 0 Å². The summed E-state index contributed by atoms with van der Waals surface area (Å²) in [6.45, 7) is 2.29. The number of carbonyl (C=O) groups excluding carboxylic acids is 1. The third-order valence-corrected chi connectivity index (χ3v) is 4.29. The molecule has 132 valence electrons. The molecule has 0 unspecified atom stereocenters. The van der Waals surface area contributed by atoms with Crippen LogP contribution in [0.25, 0.3) is 0 Å². The maximum Gasteiger partial charge on any atom is 0.256 e. The quantitative estimate of drug-likeness (QED) is 0.867. The van der Waals surface area contributed by atoms with Crippen LogP contribution in [0.15, 0.2) is 36.4 Å². The van der Waals surface area contributed by atoms with Gasteiger partial charge >= 0.3 is 0 Å². The van der Waals surface area contributed by atoms with Crippen molar-refractivity contribution in [3.8, 4) is 0 Å². The fourth-order valence-corrected chi connectivity index (χ4v) is 2.88. The standard InChI is InChI=1S/C18H18F3N3O/c19-13-2-4-15(17(21)9-13)18(25)24-7-5-23(6-8-24)11-12-1-3-14(22)10-16(12)20/h1-4,9-10H,5-8,11,22H2. The fraction of sp³-hybridized carbons (Fsp3) is 0.278. The Morgan fingerprint density at radius 2 is 1.68 bits per heavy atom. The number of nitrogen functional groups attached to an aromatic ring is 1. The highest BCUT2D eigenvalue weighted by Gasteiger charge is 2.24. The molecule has 0 spiro atoms. The summed E-state index contributed by atoms with van der Waals surface area (Å²) in [7, 11) is 0. The van der Waals surface area contributed by atoms with E-state index in [1.165, 1.54) is 11.0 Å². The van der Waals surface area contributed by atoms with Gasteiger partial charge < -0.3 is 10.6 Å². The molecule has 0 aromatic heterocycles. The predicted octanol–water partition coefficient (Wildman–Crippen LogP) is 2.64. The number of halogens is 3. The molecule has 2 aromatic carbocycles. The average molecular weight is 349 g/mol. The van der Waals surface area contributed by atoms with Crippen molar-refractivity contribution in [1.29, 1.82) is 0 Å². The second-order valence-corrected chi connectivity index (χ2v) is 6.04. The van der Waals surface area contributed by atoms with Gasteiger partial charge in [0.2, 0.25) is 0 Å². The van der Waals surface area contributed by atoms with Crippen molar-refractivity contribution in [2.75, 3.05) is 31.9 Å². The number of hydrogen-bond acceptors (Lipinski definition) is 3. The Morgan fingerprint density at radius 1 is 0.960 bits per heavy atom. The number of carbonyl (C=O) groups is 1. The van der Waals surface area contributed by atoms with Gasteiger partial charge in [0, 0.05) is 50.0 Å². The van der Waals surface area contributed by atoms with Crippen molar-refractivity contribution in [3.05, 3.63) is 65.0 Å². The highest BCUT2D eigenvalue weighted by molar-refractivity contribution is 5.94. The zero-order valence-corrected chi connectivity index (χ0v) is 13.5. The Labute approximate surface area is 143 Å². The predicted molar refractivity (Wildman–Crippen MR) is 88.4 cm³/mol. The van der Waals surface area contributed by atoms with Crippen LogP contribution in [0.3, 0.4) is 0 Å². The van der Waals surface area contributed by atoms with E-state index < -0.39 is 17.5 Å². The first-order valence-corrected chi connectivity index (χ1v) is 7.94. The lowest BCUT2D eigenvalue weighted by Gasteiger charge is -2.34. The minimum Gasteiger partial charge on any atom is -0.399 e. The van der Waals surface area contributed by atoms with Crippen molar-refractivity contribution in [2.45, 2.75) is 6.54 Å². The largest absolute Gasteiger partial charge is 0.399 e. The molecule has 1 heterocycles. The summed E-state index contributed by atoms with van der Waals surface area (Å²) in [5, 5.41) is 0. The minimum absolute atomic E-state index is 0.139. The van der Waals surface area contributed by atoms with Gasteiger partial charge in [-0.1, -0.05) is 6.07 Å². The third kappa shape index (κ3) is 3.93. The molecule has 1 fully saturated rings. The summed E-state index contributed by atoms with van der Waals surface area (Å²) < 4.78 is 40.6. The number of nitrogens with zero attached hydrogens (tertiary/aromatic N) is 2. The number of benzene rings is 2. The van der Waals surface area contributed by atoms with Crippen LogP contribution in [0.4, 0.5) is 18.9 Å². The molecule has 0 bridgehead atoms. The summed E-state index contributed by atoms with van der Waals surface area (Å²) in [5.41, 5.74) is 6.31. The van der Waals surface area contributed by atoms with Gasteiger partial charge in [0.1, 0.15) is 17.5 Å². The molecule has 1 aliphatic heterocycles. The molecule has 0 aliphatic carbocycles. The molecule has 4 nitrogen and oxygen atoms in total. The highest BCUT2D eigenvalue weighted by atomic mass is 19.1. The molecule has 0 saturated carbocycles. The molecule has 1 amide bonds. The molecule has 7 heteroatoms. The van der Waals surface area contributed by atoms with Crippen LogP contribution in [-0.2, 0) is 6.54 Å². The molecule has 1 saturated heterocycles. The molecular formula is C18H18F3N3O. The second kappa shape index (κ2) is 7.14. The zero-order chi connectivity index (χ0) is 18.0. The Balaban J connectivity index is 1.60. The number of hydrogen-bond donors (Lipinski definition) is 1. The van der Waals surface area contributed by atoms with Crippen molar-refractivity contribution in [1.82, 2.24) is 9.80 Å². The van der Waals surface area contributed by atoms with Gasteiger partial charge in [-0.25, -0.2) is 13.2 Å². The molecule has 25 heavy (non-hydrogen) atoms. The SMILES string of the molecule is Nc1ccc(CN2CCN(C(=O)c3ccc(F)cc3F)CC2)c(F)c1. The smallest absolute Gasteiger partial charge is 0.256 e. The van der Waals surface area contributed by atoms with E-state index in [2.05, 4.69) is 0 Å². The van der Waals surface area contributed by atoms with Crippen molar-refractivity contribution >= 4 is 11.6 Å². The lowest BCUT2D eigenvalue weighted by Crippen LogP contribution is -2.48. The Kier molecular flexibility index (Phi) is 4.94. The summed E-state index contributed by atoms with van der Waals surface area (Å²) in [5.74, 6) is -2.40.